The third kappa shape index (κ3) is 2.48. The maximum Gasteiger partial charge on any atom is 0.262 e. The summed E-state index contributed by atoms with van der Waals surface area (Å²) in [5.41, 5.74) is 3.55. The fraction of sp³-hybridized carbons (Fsp3) is 0.235. The Morgan fingerprint density at radius 3 is 2.59 bits per heavy atom. The van der Waals surface area contributed by atoms with Crippen molar-refractivity contribution in [3.05, 3.63) is 62.5 Å². The fourth-order valence-corrected chi connectivity index (χ4v) is 3.58. The maximum absolute atomic E-state index is 12.6. The summed E-state index contributed by atoms with van der Waals surface area (Å²) in [6.45, 7) is 5.88. The number of aromatic nitrogens is 2. The van der Waals surface area contributed by atoms with Crippen LogP contribution in [0.25, 0.3) is 10.2 Å². The quantitative estimate of drug-likeness (QED) is 0.698. The van der Waals surface area contributed by atoms with E-state index in [2.05, 4.69) is 4.98 Å². The molecule has 0 atom stereocenters. The Morgan fingerprint density at radius 1 is 1.23 bits per heavy atom. The number of aryl methyl sites for hydroxylation is 3. The highest BCUT2D eigenvalue weighted by molar-refractivity contribution is 7.16. The lowest BCUT2D eigenvalue weighted by Crippen LogP contribution is -2.25. The number of fused-ring (bicyclic) bond motifs is 1. The van der Waals surface area contributed by atoms with Crippen LogP contribution in [0.4, 0.5) is 0 Å². The predicted octanol–water partition coefficient (Wildman–Crippen LogP) is 3.27. The van der Waals surface area contributed by atoms with Crippen LogP contribution in [0, 0.1) is 20.8 Å². The monoisotopic (exact) mass is 312 g/mol. The summed E-state index contributed by atoms with van der Waals surface area (Å²) in [7, 11) is 0. The maximum atomic E-state index is 12.6. The van der Waals surface area contributed by atoms with Crippen molar-refractivity contribution < 1.29 is 4.79 Å². The molecule has 2 heterocycles. The fourth-order valence-electron chi connectivity index (χ4n) is 2.86. The first-order chi connectivity index (χ1) is 10.5. The summed E-state index contributed by atoms with van der Waals surface area (Å²) < 4.78 is 1.39. The van der Waals surface area contributed by atoms with E-state index in [1.54, 1.807) is 6.07 Å². The molecule has 3 rings (SSSR count). The van der Waals surface area contributed by atoms with E-state index in [4.69, 9.17) is 0 Å². The van der Waals surface area contributed by atoms with Gasteiger partial charge in [-0.1, -0.05) is 17.7 Å². The van der Waals surface area contributed by atoms with Crippen LogP contribution in [0.15, 0.2) is 34.7 Å². The number of Topliss-reactive ketones (excluding diaryl/α,β-unsaturated/α-hetero) is 1. The lowest BCUT2D eigenvalue weighted by molar-refractivity contribution is 0.0969. The minimum absolute atomic E-state index is 0.0162. The van der Waals surface area contributed by atoms with Gasteiger partial charge in [0.05, 0.1) is 18.3 Å². The Bertz CT molecular complexity index is 914. The summed E-state index contributed by atoms with van der Waals surface area (Å²) >= 11 is 1.42. The molecule has 0 aliphatic rings. The van der Waals surface area contributed by atoms with Crippen molar-refractivity contribution in [3.63, 3.8) is 0 Å². The number of nitrogens with zero attached hydrogens (tertiary/aromatic N) is 2. The summed E-state index contributed by atoms with van der Waals surface area (Å²) in [5, 5.41) is 2.40. The lowest BCUT2D eigenvalue weighted by Gasteiger charge is -2.11. The molecule has 0 saturated heterocycles. The van der Waals surface area contributed by atoms with Crippen LogP contribution in [0.1, 0.15) is 27.0 Å². The second-order valence-corrected chi connectivity index (χ2v) is 6.41. The van der Waals surface area contributed by atoms with E-state index >= 15 is 0 Å². The predicted molar refractivity (Wildman–Crippen MR) is 88.9 cm³/mol. The number of benzene rings is 1. The van der Waals surface area contributed by atoms with Crippen molar-refractivity contribution in [3.8, 4) is 0 Å². The van der Waals surface area contributed by atoms with E-state index in [1.165, 1.54) is 22.2 Å². The van der Waals surface area contributed by atoms with Gasteiger partial charge in [-0.3, -0.25) is 14.2 Å². The molecule has 0 saturated carbocycles. The number of carbonyl (C=O) groups is 1. The van der Waals surface area contributed by atoms with Crippen LogP contribution in [0.5, 0.6) is 0 Å². The van der Waals surface area contributed by atoms with Gasteiger partial charge in [-0.2, -0.15) is 0 Å². The van der Waals surface area contributed by atoms with Gasteiger partial charge in [0.1, 0.15) is 4.83 Å². The molecule has 112 valence electrons. The van der Waals surface area contributed by atoms with Gasteiger partial charge in [0.15, 0.2) is 5.78 Å². The van der Waals surface area contributed by atoms with E-state index in [1.807, 2.05) is 38.3 Å². The summed E-state index contributed by atoms with van der Waals surface area (Å²) in [6.07, 6.45) is 1.46. The van der Waals surface area contributed by atoms with Crippen molar-refractivity contribution >= 4 is 27.3 Å². The number of carbonyl (C=O) groups excluding carboxylic acids is 1. The minimum atomic E-state index is -0.165. The minimum Gasteiger partial charge on any atom is -0.292 e. The zero-order chi connectivity index (χ0) is 15.9. The molecule has 0 spiro atoms. The Balaban J connectivity index is 2.00. The van der Waals surface area contributed by atoms with Gasteiger partial charge in [0.2, 0.25) is 0 Å². The number of hydrogen-bond acceptors (Lipinski definition) is 4. The molecule has 0 N–H and O–H groups in total. The number of hydrogen-bond donors (Lipinski definition) is 0. The summed E-state index contributed by atoms with van der Waals surface area (Å²) in [6, 6.07) is 5.73. The molecular formula is C17H16N2O2S. The van der Waals surface area contributed by atoms with E-state index in [0.29, 0.717) is 15.8 Å². The number of rotatable bonds is 3. The van der Waals surface area contributed by atoms with E-state index in [9.17, 15) is 9.59 Å². The molecule has 1 aromatic carbocycles. The third-order valence-corrected chi connectivity index (χ3v) is 4.54. The van der Waals surface area contributed by atoms with E-state index in [0.717, 1.165) is 16.7 Å². The van der Waals surface area contributed by atoms with Gasteiger partial charge in [-0.25, -0.2) is 4.98 Å². The van der Waals surface area contributed by atoms with Crippen molar-refractivity contribution in [1.29, 1.82) is 0 Å². The molecule has 0 fully saturated rings. The SMILES string of the molecule is Cc1cc(C)c(C(=O)Cn2cnc3sccc3c2=O)c(C)c1. The molecule has 22 heavy (non-hydrogen) atoms. The Kier molecular flexibility index (Phi) is 3.66. The molecule has 0 aliphatic heterocycles. The van der Waals surface area contributed by atoms with Crippen LogP contribution < -0.4 is 5.56 Å². The van der Waals surface area contributed by atoms with Gasteiger partial charge < -0.3 is 0 Å². The topological polar surface area (TPSA) is 52.0 Å². The zero-order valence-electron chi connectivity index (χ0n) is 12.7. The molecule has 3 aromatic rings. The average molecular weight is 312 g/mol. The van der Waals surface area contributed by atoms with Crippen LogP contribution in [-0.2, 0) is 6.54 Å². The van der Waals surface area contributed by atoms with E-state index < -0.39 is 0 Å². The van der Waals surface area contributed by atoms with Crippen LogP contribution in [-0.4, -0.2) is 15.3 Å². The van der Waals surface area contributed by atoms with Crippen LogP contribution in [0.3, 0.4) is 0 Å². The highest BCUT2D eigenvalue weighted by atomic mass is 32.1. The van der Waals surface area contributed by atoms with Crippen molar-refractivity contribution in [2.75, 3.05) is 0 Å². The lowest BCUT2D eigenvalue weighted by atomic mass is 9.96. The summed E-state index contributed by atoms with van der Waals surface area (Å²) in [4.78, 5) is 29.9. The van der Waals surface area contributed by atoms with Gasteiger partial charge >= 0.3 is 0 Å². The molecule has 2 aromatic heterocycles. The first kappa shape index (κ1) is 14.7. The molecule has 0 unspecified atom stereocenters. The third-order valence-electron chi connectivity index (χ3n) is 3.72. The van der Waals surface area contributed by atoms with Crippen molar-refractivity contribution in [2.45, 2.75) is 27.3 Å². The normalized spacial score (nSPS) is 11.0. The number of thiophene rings is 1. The van der Waals surface area contributed by atoms with Crippen LogP contribution >= 0.6 is 11.3 Å². The Morgan fingerprint density at radius 2 is 1.91 bits per heavy atom. The first-order valence-corrected chi connectivity index (χ1v) is 7.89. The molecule has 0 amide bonds. The highest BCUT2D eigenvalue weighted by Crippen LogP contribution is 2.18. The molecule has 0 aliphatic carbocycles. The zero-order valence-corrected chi connectivity index (χ0v) is 13.5. The van der Waals surface area contributed by atoms with Crippen molar-refractivity contribution in [1.82, 2.24) is 9.55 Å². The number of ketones is 1. The van der Waals surface area contributed by atoms with Gasteiger partial charge in [0, 0.05) is 5.56 Å². The molecule has 5 heteroatoms. The van der Waals surface area contributed by atoms with Gasteiger partial charge in [-0.05, 0) is 43.3 Å². The second-order valence-electron chi connectivity index (χ2n) is 5.51. The molecular weight excluding hydrogens is 296 g/mol. The van der Waals surface area contributed by atoms with Gasteiger partial charge in [-0.15, -0.1) is 11.3 Å². The second kappa shape index (κ2) is 5.50. The Labute approximate surface area is 132 Å². The van der Waals surface area contributed by atoms with Crippen LogP contribution in [0.2, 0.25) is 0 Å². The van der Waals surface area contributed by atoms with Crippen molar-refractivity contribution in [2.24, 2.45) is 0 Å². The first-order valence-electron chi connectivity index (χ1n) is 7.01. The highest BCUT2D eigenvalue weighted by Gasteiger charge is 2.15. The average Bonchev–Trinajstić information content (AvgIpc) is 2.90. The largest absolute Gasteiger partial charge is 0.292 e. The molecule has 0 bridgehead atoms. The standard InChI is InChI=1S/C17H16N2O2S/c1-10-6-11(2)15(12(3)7-10)14(20)8-19-9-18-16-13(17(19)21)4-5-22-16/h4-7,9H,8H2,1-3H3. The summed E-state index contributed by atoms with van der Waals surface area (Å²) in [5.74, 6) is -0.0616. The van der Waals surface area contributed by atoms with Gasteiger partial charge in [0.25, 0.3) is 5.56 Å². The molecule has 4 nitrogen and oxygen atoms in total. The van der Waals surface area contributed by atoms with E-state index in [-0.39, 0.29) is 17.9 Å². The smallest absolute Gasteiger partial charge is 0.262 e. The Hall–Kier alpha value is -2.27. The molecule has 0 radical (unpaired) electrons.